The van der Waals surface area contributed by atoms with Crippen LogP contribution in [0.2, 0.25) is 0 Å². The Morgan fingerprint density at radius 3 is 1.74 bits per heavy atom. The van der Waals surface area contributed by atoms with Crippen molar-refractivity contribution in [3.05, 3.63) is 176 Å². The molecule has 6 heteroatoms. The van der Waals surface area contributed by atoms with Gasteiger partial charge in [0, 0.05) is 54.5 Å². The summed E-state index contributed by atoms with van der Waals surface area (Å²) in [7, 11) is 0. The van der Waals surface area contributed by atoms with Gasteiger partial charge in [0.25, 0.3) is 0 Å². The molecule has 58 heavy (non-hydrogen) atoms. The average molecular weight is 744 g/mol. The van der Waals surface area contributed by atoms with E-state index in [4.69, 9.17) is 23.2 Å². The molecule has 0 N–H and O–H groups in total. The maximum absolute atomic E-state index is 6.88. The minimum absolute atomic E-state index is 0.514. The van der Waals surface area contributed by atoms with E-state index in [1.54, 1.807) is 0 Å². The maximum atomic E-state index is 6.88. The molecule has 6 nitrogen and oxygen atoms in total. The molecule has 0 aliphatic carbocycles. The molecule has 0 aliphatic rings. The quantitative estimate of drug-likeness (QED) is 0.179. The predicted molar refractivity (Wildman–Crippen MR) is 235 cm³/mol. The van der Waals surface area contributed by atoms with E-state index in [1.165, 1.54) is 5.56 Å². The lowest BCUT2D eigenvalue weighted by atomic mass is 9.98. The molecular formula is C52H29N3O3. The fraction of sp³-hybridized carbons (Fsp3) is 0. The summed E-state index contributed by atoms with van der Waals surface area (Å²) in [4.78, 5) is 10.9. The lowest BCUT2D eigenvalue weighted by molar-refractivity contribution is 0.654. The van der Waals surface area contributed by atoms with E-state index in [-0.39, 0.29) is 0 Å². The molecule has 0 bridgehead atoms. The van der Waals surface area contributed by atoms with Crippen molar-refractivity contribution in [3.63, 3.8) is 0 Å². The zero-order chi connectivity index (χ0) is 37.9. The second-order valence-corrected chi connectivity index (χ2v) is 14.8. The van der Waals surface area contributed by atoms with E-state index in [0.717, 1.165) is 110 Å². The predicted octanol–water partition coefficient (Wildman–Crippen LogP) is 14.3. The number of aromatic nitrogens is 3. The van der Waals surface area contributed by atoms with Crippen molar-refractivity contribution in [2.75, 3.05) is 0 Å². The van der Waals surface area contributed by atoms with E-state index in [2.05, 4.69) is 126 Å². The second kappa shape index (κ2) is 11.8. The molecule has 0 spiro atoms. The van der Waals surface area contributed by atoms with Crippen LogP contribution in [0.4, 0.5) is 0 Å². The van der Waals surface area contributed by atoms with Crippen molar-refractivity contribution in [2.45, 2.75) is 0 Å². The highest BCUT2D eigenvalue weighted by atomic mass is 16.3. The largest absolute Gasteiger partial charge is 0.456 e. The Bertz CT molecular complexity index is 3810. The number of para-hydroxylation sites is 3. The molecule has 0 radical (unpaired) electrons. The van der Waals surface area contributed by atoms with Gasteiger partial charge in [0.1, 0.15) is 27.9 Å². The molecule has 5 aromatic heterocycles. The number of furan rings is 3. The Kier molecular flexibility index (Phi) is 6.35. The van der Waals surface area contributed by atoms with Gasteiger partial charge in [-0.3, -0.25) is 0 Å². The van der Waals surface area contributed by atoms with Gasteiger partial charge >= 0.3 is 0 Å². The summed E-state index contributed by atoms with van der Waals surface area (Å²) in [6.45, 7) is 0. The molecule has 0 atom stereocenters. The third-order valence-corrected chi connectivity index (χ3v) is 11.6. The van der Waals surface area contributed by atoms with E-state index in [9.17, 15) is 0 Å². The van der Waals surface area contributed by atoms with E-state index < -0.39 is 0 Å². The summed E-state index contributed by atoms with van der Waals surface area (Å²) in [6, 6.07) is 60.7. The molecule has 0 amide bonds. The van der Waals surface area contributed by atoms with Gasteiger partial charge in [-0.25, -0.2) is 4.98 Å². The van der Waals surface area contributed by atoms with Gasteiger partial charge in [-0.05, 0) is 65.7 Å². The molecule has 13 aromatic rings. The van der Waals surface area contributed by atoms with Crippen molar-refractivity contribution in [1.29, 1.82) is 0 Å². The Morgan fingerprint density at radius 1 is 0.362 bits per heavy atom. The maximum Gasteiger partial charge on any atom is 0.231 e. The number of nitrogens with zero attached hydrogens (tertiary/aromatic N) is 3. The molecule has 0 unspecified atom stereocenters. The minimum atomic E-state index is 0.514. The summed E-state index contributed by atoms with van der Waals surface area (Å²) < 4.78 is 22.0. The zero-order valence-electron chi connectivity index (χ0n) is 30.8. The van der Waals surface area contributed by atoms with Crippen LogP contribution in [0.3, 0.4) is 0 Å². The van der Waals surface area contributed by atoms with Gasteiger partial charge < -0.3 is 17.8 Å². The van der Waals surface area contributed by atoms with Crippen LogP contribution < -0.4 is 0 Å². The van der Waals surface area contributed by atoms with Crippen LogP contribution in [0.5, 0.6) is 0 Å². The van der Waals surface area contributed by atoms with Crippen LogP contribution in [0.1, 0.15) is 0 Å². The second-order valence-electron chi connectivity index (χ2n) is 14.8. The third-order valence-electron chi connectivity index (χ3n) is 11.6. The average Bonchev–Trinajstić information content (AvgIpc) is 4.05. The number of hydrogen-bond donors (Lipinski definition) is 0. The summed E-state index contributed by atoms with van der Waals surface area (Å²) in [6.07, 6.45) is 0. The zero-order valence-corrected chi connectivity index (χ0v) is 30.8. The first kappa shape index (κ1) is 31.3. The Morgan fingerprint density at radius 2 is 0.966 bits per heavy atom. The highest BCUT2D eigenvalue weighted by Gasteiger charge is 2.26. The molecule has 0 aliphatic heterocycles. The minimum Gasteiger partial charge on any atom is -0.456 e. The fourth-order valence-electron chi connectivity index (χ4n) is 9.20. The standard InChI is InChI=1S/C52H29N3O3/c1-2-13-30(14-3-1)31-15-10-16-32(29-31)55-38-22-7-4-17-33(38)47-39(55)27-28-44-48(47)49-50(36-20-11-25-42-45(36)34-18-5-8-23-40(34)56-42)53-51(54-52(49)58-44)37-21-12-26-43-46(37)35-19-6-9-24-41(35)57-43/h1-29H. The number of hydrogen-bond acceptors (Lipinski definition) is 5. The van der Waals surface area contributed by atoms with Gasteiger partial charge in [0.05, 0.1) is 22.1 Å². The van der Waals surface area contributed by atoms with Crippen LogP contribution in [-0.4, -0.2) is 14.5 Å². The van der Waals surface area contributed by atoms with Crippen LogP contribution in [-0.2, 0) is 0 Å². The Labute approximate surface area is 329 Å². The van der Waals surface area contributed by atoms with Crippen LogP contribution in [0.25, 0.3) is 127 Å². The molecule has 0 saturated carbocycles. The first-order valence-electron chi connectivity index (χ1n) is 19.4. The van der Waals surface area contributed by atoms with E-state index >= 15 is 0 Å². The molecule has 8 aromatic carbocycles. The van der Waals surface area contributed by atoms with Gasteiger partial charge in [0.15, 0.2) is 5.82 Å². The Balaban J connectivity index is 1.17. The third kappa shape index (κ3) is 4.37. The van der Waals surface area contributed by atoms with Gasteiger partial charge in [-0.2, -0.15) is 4.98 Å². The van der Waals surface area contributed by atoms with Gasteiger partial charge in [-0.15, -0.1) is 0 Å². The van der Waals surface area contributed by atoms with Crippen molar-refractivity contribution in [1.82, 2.24) is 14.5 Å². The van der Waals surface area contributed by atoms with Crippen molar-refractivity contribution in [2.24, 2.45) is 0 Å². The van der Waals surface area contributed by atoms with Crippen LogP contribution >= 0.6 is 0 Å². The fourth-order valence-corrected chi connectivity index (χ4v) is 9.20. The first-order chi connectivity index (χ1) is 28.8. The van der Waals surface area contributed by atoms with Crippen molar-refractivity contribution < 1.29 is 13.3 Å². The first-order valence-corrected chi connectivity index (χ1v) is 19.4. The number of benzene rings is 8. The highest BCUT2D eigenvalue weighted by Crippen LogP contribution is 2.47. The van der Waals surface area contributed by atoms with Crippen LogP contribution in [0.15, 0.2) is 189 Å². The monoisotopic (exact) mass is 743 g/mol. The lowest BCUT2D eigenvalue weighted by Crippen LogP contribution is -1.95. The topological polar surface area (TPSA) is 70.1 Å². The summed E-state index contributed by atoms with van der Waals surface area (Å²) in [5.74, 6) is 0.555. The highest BCUT2D eigenvalue weighted by molar-refractivity contribution is 6.30. The number of rotatable bonds is 4. The van der Waals surface area contributed by atoms with Gasteiger partial charge in [-0.1, -0.05) is 121 Å². The van der Waals surface area contributed by atoms with Crippen molar-refractivity contribution >= 4 is 87.8 Å². The summed E-state index contributed by atoms with van der Waals surface area (Å²) >= 11 is 0. The molecule has 13 rings (SSSR count). The normalized spacial score (nSPS) is 12.1. The summed E-state index contributed by atoms with van der Waals surface area (Å²) in [5, 5.41) is 8.03. The molecule has 270 valence electrons. The van der Waals surface area contributed by atoms with E-state index in [0.29, 0.717) is 11.5 Å². The SMILES string of the molecule is c1ccc(-c2cccc(-n3c4ccccc4c4c5c(ccc43)oc3nc(-c4cccc6oc7ccccc7c46)nc(-c4cccc6oc7ccccc7c46)c35)c2)cc1. The summed E-state index contributed by atoms with van der Waals surface area (Å²) in [5.41, 5.74) is 12.6. The van der Waals surface area contributed by atoms with Crippen molar-refractivity contribution in [3.8, 4) is 39.5 Å². The number of fused-ring (bicyclic) bond motifs is 13. The molecular weight excluding hydrogens is 715 g/mol. The smallest absolute Gasteiger partial charge is 0.231 e. The Hall–Kier alpha value is -7.96. The van der Waals surface area contributed by atoms with E-state index in [1.807, 2.05) is 54.6 Å². The van der Waals surface area contributed by atoms with Gasteiger partial charge in [0.2, 0.25) is 5.71 Å². The lowest BCUT2D eigenvalue weighted by Gasteiger charge is -2.10. The van der Waals surface area contributed by atoms with Crippen LogP contribution in [0, 0.1) is 0 Å². The molecule has 5 heterocycles. The molecule has 0 fully saturated rings. The molecule has 0 saturated heterocycles.